The third-order valence-corrected chi connectivity index (χ3v) is 5.81. The van der Waals surface area contributed by atoms with Crippen molar-refractivity contribution in [3.63, 3.8) is 0 Å². The molecule has 3 aromatic rings. The molecule has 1 aromatic heterocycles. The van der Waals surface area contributed by atoms with Gasteiger partial charge in [0.05, 0.1) is 23.0 Å². The summed E-state index contributed by atoms with van der Waals surface area (Å²) >= 11 is 0. The smallest absolute Gasteiger partial charge is 0.335 e. The minimum Gasteiger partial charge on any atom is -0.478 e. The van der Waals surface area contributed by atoms with Gasteiger partial charge in [0.2, 0.25) is 21.8 Å². The SMILES string of the molecule is CN(c1cc(C(=O)O)cc(-c2nnc([C@](C)(N)Cc3ccccc3)o2)c1)S(C)(=O)=O. The lowest BCUT2D eigenvalue weighted by molar-refractivity contribution is 0.0697. The zero-order valence-electron chi connectivity index (χ0n) is 16.7. The number of hydrogen-bond donors (Lipinski definition) is 2. The Balaban J connectivity index is 1.99. The third kappa shape index (κ3) is 4.66. The molecule has 0 aliphatic carbocycles. The topological polar surface area (TPSA) is 140 Å². The summed E-state index contributed by atoms with van der Waals surface area (Å²) in [7, 11) is -2.27. The molecule has 0 amide bonds. The Labute approximate surface area is 174 Å². The molecule has 0 spiro atoms. The highest BCUT2D eigenvalue weighted by Gasteiger charge is 2.29. The fourth-order valence-electron chi connectivity index (χ4n) is 2.90. The Morgan fingerprint density at radius 2 is 1.87 bits per heavy atom. The Morgan fingerprint density at radius 3 is 2.47 bits per heavy atom. The minimum atomic E-state index is -3.60. The van der Waals surface area contributed by atoms with Crippen molar-refractivity contribution in [2.24, 2.45) is 5.73 Å². The maximum absolute atomic E-state index is 11.9. The van der Waals surface area contributed by atoms with Gasteiger partial charge in [-0.25, -0.2) is 13.2 Å². The molecule has 1 atom stereocenters. The van der Waals surface area contributed by atoms with E-state index in [9.17, 15) is 18.3 Å². The summed E-state index contributed by atoms with van der Waals surface area (Å²) in [6.07, 6.45) is 1.47. The van der Waals surface area contributed by atoms with Crippen LogP contribution in [0.3, 0.4) is 0 Å². The number of benzene rings is 2. The van der Waals surface area contributed by atoms with E-state index in [2.05, 4.69) is 10.2 Å². The standard InChI is InChI=1S/C20H22N4O5S/c1-20(21,12-13-7-5-4-6-8-13)19-23-22-17(29-19)14-9-15(18(25)26)11-16(10-14)24(2)30(3,27)28/h4-11H,12,21H2,1-3H3,(H,25,26)/t20-/m1/s1. The van der Waals surface area contributed by atoms with Gasteiger partial charge >= 0.3 is 5.97 Å². The molecular formula is C20H22N4O5S. The quantitative estimate of drug-likeness (QED) is 0.582. The van der Waals surface area contributed by atoms with Crippen molar-refractivity contribution in [2.75, 3.05) is 17.6 Å². The number of hydrogen-bond acceptors (Lipinski definition) is 7. The van der Waals surface area contributed by atoms with Gasteiger partial charge in [-0.15, -0.1) is 10.2 Å². The van der Waals surface area contributed by atoms with Crippen LogP contribution in [0.2, 0.25) is 0 Å². The minimum absolute atomic E-state index is 0.0426. The first-order chi connectivity index (χ1) is 14.0. The first-order valence-electron chi connectivity index (χ1n) is 8.97. The van der Waals surface area contributed by atoms with Crippen LogP contribution in [0.4, 0.5) is 5.69 Å². The average Bonchev–Trinajstić information content (AvgIpc) is 3.18. The van der Waals surface area contributed by atoms with E-state index in [0.717, 1.165) is 16.1 Å². The zero-order valence-corrected chi connectivity index (χ0v) is 17.5. The first-order valence-corrected chi connectivity index (χ1v) is 10.8. The summed E-state index contributed by atoms with van der Waals surface area (Å²) in [4.78, 5) is 11.5. The summed E-state index contributed by atoms with van der Waals surface area (Å²) in [6.45, 7) is 1.76. The second-order valence-corrected chi connectivity index (χ2v) is 9.31. The van der Waals surface area contributed by atoms with Crippen LogP contribution >= 0.6 is 0 Å². The molecule has 3 rings (SSSR count). The van der Waals surface area contributed by atoms with E-state index in [1.54, 1.807) is 6.92 Å². The van der Waals surface area contributed by atoms with E-state index in [1.165, 1.54) is 25.2 Å². The van der Waals surface area contributed by atoms with Gasteiger partial charge in [-0.1, -0.05) is 30.3 Å². The van der Waals surface area contributed by atoms with Gasteiger partial charge in [0.1, 0.15) is 0 Å². The van der Waals surface area contributed by atoms with E-state index in [1.807, 2.05) is 30.3 Å². The van der Waals surface area contributed by atoms with E-state index in [0.29, 0.717) is 6.42 Å². The maximum atomic E-state index is 11.9. The lowest BCUT2D eigenvalue weighted by Crippen LogP contribution is -2.35. The van der Waals surface area contributed by atoms with Gasteiger partial charge < -0.3 is 15.3 Å². The number of nitrogens with two attached hydrogens (primary N) is 1. The number of carboxylic acid groups (broad SMARTS) is 1. The molecule has 0 aliphatic rings. The van der Waals surface area contributed by atoms with Crippen molar-refractivity contribution in [2.45, 2.75) is 18.9 Å². The number of carboxylic acids is 1. The van der Waals surface area contributed by atoms with Crippen molar-refractivity contribution in [3.05, 3.63) is 65.5 Å². The molecule has 0 saturated carbocycles. The number of sulfonamides is 1. The summed E-state index contributed by atoms with van der Waals surface area (Å²) in [5, 5.41) is 17.4. The molecule has 1 heterocycles. The highest BCUT2D eigenvalue weighted by molar-refractivity contribution is 7.92. The fourth-order valence-corrected chi connectivity index (χ4v) is 3.39. The van der Waals surface area contributed by atoms with Crippen LogP contribution in [0.1, 0.15) is 28.7 Å². The molecule has 2 aromatic carbocycles. The van der Waals surface area contributed by atoms with Gasteiger partial charge in [-0.2, -0.15) is 0 Å². The van der Waals surface area contributed by atoms with Crippen LogP contribution in [0.15, 0.2) is 52.9 Å². The van der Waals surface area contributed by atoms with E-state index >= 15 is 0 Å². The Kier molecular flexibility index (Phi) is 5.64. The van der Waals surface area contributed by atoms with Gasteiger partial charge in [0.15, 0.2) is 0 Å². The number of anilines is 1. The third-order valence-electron chi connectivity index (χ3n) is 4.60. The van der Waals surface area contributed by atoms with Crippen LogP contribution in [0.25, 0.3) is 11.5 Å². The molecule has 9 nitrogen and oxygen atoms in total. The molecule has 158 valence electrons. The van der Waals surface area contributed by atoms with Gasteiger partial charge in [-0.3, -0.25) is 4.31 Å². The average molecular weight is 430 g/mol. The second kappa shape index (κ2) is 7.88. The van der Waals surface area contributed by atoms with E-state index in [-0.39, 0.29) is 28.6 Å². The number of aromatic nitrogens is 2. The van der Waals surface area contributed by atoms with Gasteiger partial charge in [0, 0.05) is 12.6 Å². The van der Waals surface area contributed by atoms with Crippen LogP contribution in [-0.4, -0.2) is 43.0 Å². The fraction of sp³-hybridized carbons (Fsp3) is 0.250. The van der Waals surface area contributed by atoms with Crippen LogP contribution in [-0.2, 0) is 22.0 Å². The Morgan fingerprint density at radius 1 is 1.20 bits per heavy atom. The van der Waals surface area contributed by atoms with Crippen LogP contribution < -0.4 is 10.0 Å². The number of aromatic carboxylic acids is 1. The van der Waals surface area contributed by atoms with Gasteiger partial charge in [-0.05, 0) is 37.1 Å². The summed E-state index contributed by atoms with van der Waals surface area (Å²) < 4.78 is 30.5. The van der Waals surface area contributed by atoms with Crippen molar-refractivity contribution < 1.29 is 22.7 Å². The lowest BCUT2D eigenvalue weighted by atomic mass is 9.94. The maximum Gasteiger partial charge on any atom is 0.335 e. The molecule has 3 N–H and O–H groups in total. The van der Waals surface area contributed by atoms with Crippen molar-refractivity contribution >= 4 is 21.7 Å². The Bertz CT molecular complexity index is 1170. The molecule has 0 saturated heterocycles. The van der Waals surface area contributed by atoms with Crippen molar-refractivity contribution in [3.8, 4) is 11.5 Å². The van der Waals surface area contributed by atoms with E-state index < -0.39 is 21.5 Å². The highest BCUT2D eigenvalue weighted by atomic mass is 32.2. The van der Waals surface area contributed by atoms with Crippen molar-refractivity contribution in [1.29, 1.82) is 0 Å². The van der Waals surface area contributed by atoms with Crippen LogP contribution in [0.5, 0.6) is 0 Å². The molecular weight excluding hydrogens is 408 g/mol. The monoisotopic (exact) mass is 430 g/mol. The molecule has 0 aliphatic heterocycles. The van der Waals surface area contributed by atoms with Crippen molar-refractivity contribution in [1.82, 2.24) is 10.2 Å². The first kappa shape index (κ1) is 21.5. The predicted molar refractivity (Wildman–Crippen MR) is 112 cm³/mol. The lowest BCUT2D eigenvalue weighted by Gasteiger charge is -2.20. The molecule has 0 fully saturated rings. The van der Waals surface area contributed by atoms with E-state index in [4.69, 9.17) is 10.2 Å². The molecule has 0 bridgehead atoms. The Hall–Kier alpha value is -3.24. The summed E-state index contributed by atoms with van der Waals surface area (Å²) in [6, 6.07) is 13.7. The molecule has 0 radical (unpaired) electrons. The number of nitrogens with zero attached hydrogens (tertiary/aromatic N) is 3. The predicted octanol–water partition coefficient (Wildman–Crippen LogP) is 2.25. The number of rotatable bonds is 7. The largest absolute Gasteiger partial charge is 0.478 e. The zero-order chi connectivity index (χ0) is 22.1. The molecule has 0 unspecified atom stereocenters. The summed E-state index contributed by atoms with van der Waals surface area (Å²) in [5.74, 6) is -0.992. The normalized spacial score (nSPS) is 13.6. The number of carbonyl (C=O) groups is 1. The summed E-state index contributed by atoms with van der Waals surface area (Å²) in [5.41, 5.74) is 6.75. The van der Waals surface area contributed by atoms with Gasteiger partial charge in [0.25, 0.3) is 0 Å². The highest BCUT2D eigenvalue weighted by Crippen LogP contribution is 2.29. The van der Waals surface area contributed by atoms with Crippen LogP contribution in [0, 0.1) is 0 Å². The molecule has 30 heavy (non-hydrogen) atoms. The molecule has 10 heteroatoms. The second-order valence-electron chi connectivity index (χ2n) is 7.30.